The van der Waals surface area contributed by atoms with Crippen LogP contribution in [0.15, 0.2) is 66.7 Å². The number of hydrogen-bond acceptors (Lipinski definition) is 7. The highest BCUT2D eigenvalue weighted by molar-refractivity contribution is 7.20. The largest absolute Gasteiger partial charge is 0.364 e. The standard InChI is InChI=1S/C27H28N6O2S/c28-21-11-13-33(14-12-21)16-17-5-7-19(8-6-17)25(35)32-26-23(24(29)34)31-27(36-26)30-22-10-9-18-3-1-2-4-20(18)15-22/h1-10,15,21H,11-14,16,28H2,(H2,29,34)(H,30,31)(H,32,35). The molecule has 6 N–H and O–H groups in total. The number of nitrogens with zero attached hydrogens (tertiary/aromatic N) is 2. The molecule has 4 aromatic rings. The molecule has 9 heteroatoms. The number of anilines is 3. The van der Waals surface area contributed by atoms with Gasteiger partial charge in [0.1, 0.15) is 5.00 Å². The third kappa shape index (κ3) is 5.54. The molecule has 5 rings (SSSR count). The lowest BCUT2D eigenvalue weighted by molar-refractivity contribution is 0.0997. The fourth-order valence-corrected chi connectivity index (χ4v) is 5.21. The zero-order chi connectivity index (χ0) is 25.1. The van der Waals surface area contributed by atoms with Gasteiger partial charge in [-0.25, -0.2) is 4.98 Å². The van der Waals surface area contributed by atoms with Crippen LogP contribution < -0.4 is 22.1 Å². The summed E-state index contributed by atoms with van der Waals surface area (Å²) in [4.78, 5) is 31.6. The van der Waals surface area contributed by atoms with Crippen LogP contribution >= 0.6 is 11.3 Å². The lowest BCUT2D eigenvalue weighted by atomic mass is 10.0. The molecule has 36 heavy (non-hydrogen) atoms. The number of likely N-dealkylation sites (tertiary alicyclic amines) is 1. The van der Waals surface area contributed by atoms with Crippen molar-refractivity contribution in [1.82, 2.24) is 9.88 Å². The van der Waals surface area contributed by atoms with Crippen molar-refractivity contribution in [3.63, 3.8) is 0 Å². The van der Waals surface area contributed by atoms with Crippen molar-refractivity contribution in [2.24, 2.45) is 11.5 Å². The summed E-state index contributed by atoms with van der Waals surface area (Å²) in [6, 6.07) is 21.8. The van der Waals surface area contributed by atoms with Gasteiger partial charge in [0.25, 0.3) is 11.8 Å². The molecule has 0 radical (unpaired) electrons. The first-order chi connectivity index (χ1) is 17.4. The quantitative estimate of drug-likeness (QED) is 0.299. The Balaban J connectivity index is 1.27. The minimum absolute atomic E-state index is 0.0246. The van der Waals surface area contributed by atoms with Crippen LogP contribution in [0.4, 0.5) is 15.8 Å². The summed E-state index contributed by atoms with van der Waals surface area (Å²) in [6.45, 7) is 2.81. The molecule has 0 unspecified atom stereocenters. The van der Waals surface area contributed by atoms with Crippen molar-refractivity contribution in [3.8, 4) is 0 Å². The Hall–Kier alpha value is -3.79. The Morgan fingerprint density at radius 1 is 1.00 bits per heavy atom. The van der Waals surface area contributed by atoms with Gasteiger partial charge in [-0.2, -0.15) is 0 Å². The van der Waals surface area contributed by atoms with E-state index in [-0.39, 0.29) is 11.6 Å². The van der Waals surface area contributed by atoms with E-state index < -0.39 is 5.91 Å². The van der Waals surface area contributed by atoms with E-state index in [1.807, 2.05) is 54.6 Å². The van der Waals surface area contributed by atoms with Crippen molar-refractivity contribution in [2.45, 2.75) is 25.4 Å². The summed E-state index contributed by atoms with van der Waals surface area (Å²) in [6.07, 6.45) is 2.02. The topological polar surface area (TPSA) is 126 Å². The van der Waals surface area contributed by atoms with E-state index in [1.54, 1.807) is 12.1 Å². The van der Waals surface area contributed by atoms with Crippen molar-refractivity contribution >= 4 is 49.7 Å². The molecule has 1 aromatic heterocycles. The van der Waals surface area contributed by atoms with Gasteiger partial charge in [-0.1, -0.05) is 53.8 Å². The molecule has 184 valence electrons. The molecule has 0 atom stereocenters. The number of thiazole rings is 1. The van der Waals surface area contributed by atoms with E-state index in [4.69, 9.17) is 11.5 Å². The molecule has 0 aliphatic carbocycles. The number of carbonyl (C=O) groups excluding carboxylic acids is 2. The molecule has 8 nitrogen and oxygen atoms in total. The predicted molar refractivity (Wildman–Crippen MR) is 145 cm³/mol. The molecule has 1 aliphatic heterocycles. The third-order valence-corrected chi connectivity index (χ3v) is 7.23. The summed E-state index contributed by atoms with van der Waals surface area (Å²) < 4.78 is 0. The molecule has 0 saturated carbocycles. The fraction of sp³-hybridized carbons (Fsp3) is 0.222. The summed E-state index contributed by atoms with van der Waals surface area (Å²) in [7, 11) is 0. The average molecular weight is 501 g/mol. The average Bonchev–Trinajstić information content (AvgIpc) is 3.28. The maximum Gasteiger partial charge on any atom is 0.270 e. The first-order valence-electron chi connectivity index (χ1n) is 11.9. The third-order valence-electron chi connectivity index (χ3n) is 6.34. The highest BCUT2D eigenvalue weighted by Crippen LogP contribution is 2.32. The van der Waals surface area contributed by atoms with E-state index >= 15 is 0 Å². The predicted octanol–water partition coefficient (Wildman–Crippen LogP) is 4.31. The molecule has 1 fully saturated rings. The molecule has 2 heterocycles. The molecule has 1 saturated heterocycles. The highest BCUT2D eigenvalue weighted by atomic mass is 32.1. The number of fused-ring (bicyclic) bond motifs is 1. The smallest absolute Gasteiger partial charge is 0.270 e. The number of amides is 2. The lowest BCUT2D eigenvalue weighted by Gasteiger charge is -2.30. The number of aromatic nitrogens is 1. The fourth-order valence-electron chi connectivity index (χ4n) is 4.32. The minimum atomic E-state index is -0.704. The zero-order valence-corrected chi connectivity index (χ0v) is 20.6. The normalized spacial score (nSPS) is 14.6. The second-order valence-corrected chi connectivity index (χ2v) is 10.0. The van der Waals surface area contributed by atoms with Crippen LogP contribution in [0.5, 0.6) is 0 Å². The van der Waals surface area contributed by atoms with Gasteiger partial charge in [0.05, 0.1) is 0 Å². The van der Waals surface area contributed by atoms with E-state index in [0.717, 1.165) is 54.5 Å². The van der Waals surface area contributed by atoms with Gasteiger partial charge in [0.2, 0.25) is 0 Å². The molecule has 1 aliphatic rings. The zero-order valence-electron chi connectivity index (χ0n) is 19.7. The number of hydrogen-bond donors (Lipinski definition) is 4. The summed E-state index contributed by atoms with van der Waals surface area (Å²) >= 11 is 1.17. The SMILES string of the molecule is NC(=O)c1nc(Nc2ccc3ccccc3c2)sc1NC(=O)c1ccc(CN2CCC(N)CC2)cc1. The molecular formula is C27H28N6O2S. The van der Waals surface area contributed by atoms with E-state index in [2.05, 4.69) is 20.5 Å². The van der Waals surface area contributed by atoms with Crippen LogP contribution in [0.25, 0.3) is 10.8 Å². The number of primary amides is 1. The van der Waals surface area contributed by atoms with Gasteiger partial charge in [0.15, 0.2) is 10.8 Å². The molecule has 2 amide bonds. The van der Waals surface area contributed by atoms with Gasteiger partial charge in [-0.15, -0.1) is 0 Å². The van der Waals surface area contributed by atoms with Gasteiger partial charge in [-0.05, 0) is 66.5 Å². The monoisotopic (exact) mass is 500 g/mol. The van der Waals surface area contributed by atoms with Crippen molar-refractivity contribution < 1.29 is 9.59 Å². The van der Waals surface area contributed by atoms with Gasteiger partial charge in [0, 0.05) is 23.8 Å². The second-order valence-electron chi connectivity index (χ2n) is 9.01. The van der Waals surface area contributed by atoms with Crippen LogP contribution in [-0.4, -0.2) is 40.8 Å². The van der Waals surface area contributed by atoms with Gasteiger partial charge < -0.3 is 22.1 Å². The molecule has 3 aromatic carbocycles. The maximum absolute atomic E-state index is 12.9. The second kappa shape index (κ2) is 10.4. The van der Waals surface area contributed by atoms with Crippen LogP contribution in [-0.2, 0) is 6.54 Å². The van der Waals surface area contributed by atoms with Crippen LogP contribution in [0.1, 0.15) is 39.3 Å². The Bertz CT molecular complexity index is 1390. The molecular weight excluding hydrogens is 472 g/mol. The van der Waals surface area contributed by atoms with Crippen LogP contribution in [0, 0.1) is 0 Å². The van der Waals surface area contributed by atoms with Crippen molar-refractivity contribution in [3.05, 3.63) is 83.6 Å². The molecule has 0 spiro atoms. The van der Waals surface area contributed by atoms with E-state index in [0.29, 0.717) is 21.7 Å². The van der Waals surface area contributed by atoms with Crippen molar-refractivity contribution in [2.75, 3.05) is 23.7 Å². The number of nitrogens with two attached hydrogens (primary N) is 2. The minimum Gasteiger partial charge on any atom is -0.364 e. The lowest BCUT2D eigenvalue weighted by Crippen LogP contribution is -2.39. The first kappa shape index (κ1) is 23.9. The summed E-state index contributed by atoms with van der Waals surface area (Å²) in [5.74, 6) is -1.03. The number of piperidine rings is 1. The first-order valence-corrected chi connectivity index (χ1v) is 12.7. The maximum atomic E-state index is 12.9. The van der Waals surface area contributed by atoms with Crippen molar-refractivity contribution in [1.29, 1.82) is 0 Å². The highest BCUT2D eigenvalue weighted by Gasteiger charge is 2.20. The Morgan fingerprint density at radius 2 is 1.72 bits per heavy atom. The Kier molecular flexibility index (Phi) is 6.95. The molecule has 0 bridgehead atoms. The van der Waals surface area contributed by atoms with Crippen LogP contribution in [0.3, 0.4) is 0 Å². The summed E-state index contributed by atoms with van der Waals surface area (Å²) in [5, 5.41) is 8.99. The van der Waals surface area contributed by atoms with E-state index in [9.17, 15) is 9.59 Å². The van der Waals surface area contributed by atoms with Gasteiger partial charge in [-0.3, -0.25) is 14.5 Å². The number of carbonyl (C=O) groups is 2. The number of benzene rings is 3. The summed E-state index contributed by atoms with van der Waals surface area (Å²) in [5.41, 5.74) is 14.0. The van der Waals surface area contributed by atoms with E-state index in [1.165, 1.54) is 11.3 Å². The number of nitrogens with one attached hydrogen (secondary N) is 2. The van der Waals surface area contributed by atoms with Gasteiger partial charge >= 0.3 is 0 Å². The Morgan fingerprint density at radius 3 is 2.44 bits per heavy atom. The van der Waals surface area contributed by atoms with Crippen LogP contribution in [0.2, 0.25) is 0 Å². The number of rotatable bonds is 7. The Labute approximate surface area is 213 Å².